The summed E-state index contributed by atoms with van der Waals surface area (Å²) in [5.74, 6) is 0.363. The Morgan fingerprint density at radius 3 is 3.07 bits per heavy atom. The van der Waals surface area contributed by atoms with Crippen LogP contribution in [0.2, 0.25) is 0 Å². The normalized spacial score (nSPS) is 21.4. The van der Waals surface area contributed by atoms with Crippen molar-refractivity contribution in [3.63, 3.8) is 0 Å². The standard InChI is InChI=1S/C8H14N4OS/c1-2-12(6-3-4-13-5-6)8-10-7(9)11-14-8/h6H,2-5H2,1H3,(H2,9,11). The Morgan fingerprint density at radius 1 is 1.71 bits per heavy atom. The number of aromatic nitrogens is 2. The molecule has 2 N–H and O–H groups in total. The second-order valence-electron chi connectivity index (χ2n) is 3.24. The third-order valence-electron chi connectivity index (χ3n) is 2.36. The average Bonchev–Trinajstić information content (AvgIpc) is 2.79. The van der Waals surface area contributed by atoms with Crippen LogP contribution in [-0.4, -0.2) is 35.2 Å². The first-order valence-corrected chi connectivity index (χ1v) is 5.52. The van der Waals surface area contributed by atoms with Gasteiger partial charge in [-0.25, -0.2) is 0 Å². The molecular weight excluding hydrogens is 200 g/mol. The molecule has 2 rings (SSSR count). The fraction of sp³-hybridized carbons (Fsp3) is 0.750. The predicted molar refractivity (Wildman–Crippen MR) is 56.6 cm³/mol. The van der Waals surface area contributed by atoms with Crippen molar-refractivity contribution in [2.24, 2.45) is 0 Å². The molecule has 2 heterocycles. The Balaban J connectivity index is 2.12. The third kappa shape index (κ3) is 1.80. The molecule has 0 spiro atoms. The predicted octanol–water partition coefficient (Wildman–Crippen LogP) is 0.736. The van der Waals surface area contributed by atoms with Crippen LogP contribution in [0.5, 0.6) is 0 Å². The van der Waals surface area contributed by atoms with Gasteiger partial charge in [-0.1, -0.05) is 0 Å². The molecule has 1 unspecified atom stereocenters. The highest BCUT2D eigenvalue weighted by Gasteiger charge is 2.24. The van der Waals surface area contributed by atoms with Crippen molar-refractivity contribution in [1.29, 1.82) is 0 Å². The number of rotatable bonds is 3. The Morgan fingerprint density at radius 2 is 2.57 bits per heavy atom. The Kier molecular flexibility index (Phi) is 2.83. The molecule has 78 valence electrons. The number of anilines is 2. The summed E-state index contributed by atoms with van der Waals surface area (Å²) < 4.78 is 9.33. The monoisotopic (exact) mass is 214 g/mol. The second kappa shape index (κ2) is 4.10. The first kappa shape index (κ1) is 9.67. The SMILES string of the molecule is CCN(c1nc(N)ns1)C1CCOC1. The van der Waals surface area contributed by atoms with Gasteiger partial charge in [-0.3, -0.25) is 0 Å². The molecule has 0 bridgehead atoms. The van der Waals surface area contributed by atoms with Gasteiger partial charge >= 0.3 is 0 Å². The van der Waals surface area contributed by atoms with Crippen molar-refractivity contribution < 1.29 is 4.74 Å². The van der Waals surface area contributed by atoms with Crippen molar-refractivity contribution in [3.8, 4) is 0 Å². The third-order valence-corrected chi connectivity index (χ3v) is 3.13. The molecule has 1 aliphatic heterocycles. The molecule has 0 radical (unpaired) electrons. The lowest BCUT2D eigenvalue weighted by molar-refractivity contribution is 0.193. The van der Waals surface area contributed by atoms with Gasteiger partial charge in [-0.05, 0) is 13.3 Å². The number of nitrogens with two attached hydrogens (primary N) is 1. The van der Waals surface area contributed by atoms with Crippen LogP contribution in [0.4, 0.5) is 11.1 Å². The van der Waals surface area contributed by atoms with E-state index in [2.05, 4.69) is 21.2 Å². The van der Waals surface area contributed by atoms with Gasteiger partial charge < -0.3 is 15.4 Å². The van der Waals surface area contributed by atoms with Gasteiger partial charge in [0.1, 0.15) is 0 Å². The summed E-state index contributed by atoms with van der Waals surface area (Å²) >= 11 is 1.35. The van der Waals surface area contributed by atoms with E-state index in [1.165, 1.54) is 11.5 Å². The van der Waals surface area contributed by atoms with E-state index in [1.807, 2.05) is 0 Å². The fourth-order valence-corrected chi connectivity index (χ4v) is 2.39. The smallest absolute Gasteiger partial charge is 0.233 e. The number of nitrogens with zero attached hydrogens (tertiary/aromatic N) is 3. The van der Waals surface area contributed by atoms with Gasteiger partial charge in [0.2, 0.25) is 11.1 Å². The van der Waals surface area contributed by atoms with Gasteiger partial charge in [-0.15, -0.1) is 0 Å². The van der Waals surface area contributed by atoms with Crippen LogP contribution in [0.25, 0.3) is 0 Å². The maximum atomic E-state index is 5.50. The highest BCUT2D eigenvalue weighted by molar-refractivity contribution is 7.09. The van der Waals surface area contributed by atoms with Crippen LogP contribution in [0, 0.1) is 0 Å². The van der Waals surface area contributed by atoms with Gasteiger partial charge in [0.05, 0.1) is 12.6 Å². The zero-order valence-corrected chi connectivity index (χ0v) is 8.96. The van der Waals surface area contributed by atoms with Gasteiger partial charge in [0, 0.05) is 24.7 Å². The van der Waals surface area contributed by atoms with E-state index in [-0.39, 0.29) is 0 Å². The Labute approximate surface area is 87.0 Å². The molecule has 1 saturated heterocycles. The summed E-state index contributed by atoms with van der Waals surface area (Å²) in [6.07, 6.45) is 1.06. The van der Waals surface area contributed by atoms with E-state index < -0.39 is 0 Å². The number of nitrogen functional groups attached to an aromatic ring is 1. The summed E-state index contributed by atoms with van der Waals surface area (Å²) in [5, 5.41) is 0.903. The van der Waals surface area contributed by atoms with E-state index in [1.54, 1.807) is 0 Å². The molecule has 0 saturated carbocycles. The maximum absolute atomic E-state index is 5.50. The van der Waals surface area contributed by atoms with E-state index in [0.29, 0.717) is 12.0 Å². The minimum Gasteiger partial charge on any atom is -0.379 e. The van der Waals surface area contributed by atoms with Crippen molar-refractivity contribution >= 4 is 22.6 Å². The molecular formula is C8H14N4OS. The van der Waals surface area contributed by atoms with E-state index in [4.69, 9.17) is 10.5 Å². The molecule has 0 aromatic carbocycles. The molecule has 0 amide bonds. The van der Waals surface area contributed by atoms with Crippen molar-refractivity contribution in [3.05, 3.63) is 0 Å². The highest BCUT2D eigenvalue weighted by Crippen LogP contribution is 2.23. The van der Waals surface area contributed by atoms with Gasteiger partial charge in [0.25, 0.3) is 0 Å². The number of hydrogen-bond acceptors (Lipinski definition) is 6. The zero-order valence-electron chi connectivity index (χ0n) is 8.14. The molecule has 1 aromatic rings. The fourth-order valence-electron chi connectivity index (χ4n) is 1.66. The van der Waals surface area contributed by atoms with Crippen LogP contribution in [0.3, 0.4) is 0 Å². The van der Waals surface area contributed by atoms with Crippen LogP contribution in [0.1, 0.15) is 13.3 Å². The van der Waals surface area contributed by atoms with Gasteiger partial charge in [-0.2, -0.15) is 9.36 Å². The summed E-state index contributed by atoms with van der Waals surface area (Å²) in [6, 6.07) is 0.437. The first-order chi connectivity index (χ1) is 6.81. The summed E-state index contributed by atoms with van der Waals surface area (Å²) in [7, 11) is 0. The van der Waals surface area contributed by atoms with Crippen LogP contribution in [0.15, 0.2) is 0 Å². The molecule has 1 fully saturated rings. The van der Waals surface area contributed by atoms with Gasteiger partial charge in [0.15, 0.2) is 0 Å². The Hall–Kier alpha value is -0.880. The molecule has 1 aliphatic rings. The molecule has 5 nitrogen and oxygen atoms in total. The molecule has 1 aromatic heterocycles. The summed E-state index contributed by atoms with van der Waals surface area (Å²) in [4.78, 5) is 6.39. The van der Waals surface area contributed by atoms with Crippen molar-refractivity contribution in [2.75, 3.05) is 30.4 Å². The first-order valence-electron chi connectivity index (χ1n) is 4.75. The topological polar surface area (TPSA) is 64.3 Å². The molecule has 14 heavy (non-hydrogen) atoms. The minimum atomic E-state index is 0.363. The van der Waals surface area contributed by atoms with E-state index in [0.717, 1.165) is 31.3 Å². The van der Waals surface area contributed by atoms with E-state index >= 15 is 0 Å². The lowest BCUT2D eigenvalue weighted by Gasteiger charge is -2.25. The Bertz CT molecular complexity index is 297. The average molecular weight is 214 g/mol. The van der Waals surface area contributed by atoms with Crippen molar-refractivity contribution in [2.45, 2.75) is 19.4 Å². The van der Waals surface area contributed by atoms with Crippen molar-refractivity contribution in [1.82, 2.24) is 9.36 Å². The summed E-state index contributed by atoms with van der Waals surface area (Å²) in [5.41, 5.74) is 5.50. The quantitative estimate of drug-likeness (QED) is 0.803. The lowest BCUT2D eigenvalue weighted by atomic mass is 10.2. The number of likely N-dealkylation sites (N-methyl/N-ethyl adjacent to an activating group) is 1. The maximum Gasteiger partial charge on any atom is 0.233 e. The molecule has 1 atom stereocenters. The second-order valence-corrected chi connectivity index (χ2v) is 3.97. The van der Waals surface area contributed by atoms with Crippen LogP contribution in [-0.2, 0) is 4.74 Å². The van der Waals surface area contributed by atoms with E-state index in [9.17, 15) is 0 Å². The van der Waals surface area contributed by atoms with Crippen LogP contribution >= 0.6 is 11.5 Å². The highest BCUT2D eigenvalue weighted by atomic mass is 32.1. The zero-order chi connectivity index (χ0) is 9.97. The number of hydrogen-bond donors (Lipinski definition) is 1. The largest absolute Gasteiger partial charge is 0.379 e. The summed E-state index contributed by atoms with van der Waals surface area (Å²) in [6.45, 7) is 4.65. The number of ether oxygens (including phenoxy) is 1. The minimum absolute atomic E-state index is 0.363. The molecule has 6 heteroatoms. The molecule has 0 aliphatic carbocycles. The van der Waals surface area contributed by atoms with Crippen LogP contribution < -0.4 is 10.6 Å². The lowest BCUT2D eigenvalue weighted by Crippen LogP contribution is -2.35.